The van der Waals surface area contributed by atoms with Crippen LogP contribution in [0.2, 0.25) is 0 Å². The van der Waals surface area contributed by atoms with Crippen LogP contribution in [0, 0.1) is 5.82 Å². The Bertz CT molecular complexity index is 1020. The van der Waals surface area contributed by atoms with Crippen molar-refractivity contribution in [3.63, 3.8) is 0 Å². The van der Waals surface area contributed by atoms with Gasteiger partial charge in [-0.25, -0.2) is 18.2 Å². The Labute approximate surface area is 173 Å². The number of carbonyl (C=O) groups excluding carboxylic acids is 2. The smallest absolute Gasteiger partial charge is 0.287 e. The molecule has 8 nitrogen and oxygen atoms in total. The van der Waals surface area contributed by atoms with Gasteiger partial charge in [-0.05, 0) is 19.1 Å². The Morgan fingerprint density at radius 1 is 1.43 bits per heavy atom. The Hall–Kier alpha value is -2.89. The zero-order valence-corrected chi connectivity index (χ0v) is 16.6. The number of ether oxygens (including phenoxy) is 1. The summed E-state index contributed by atoms with van der Waals surface area (Å²) >= 11 is 0.812. The normalized spacial score (nSPS) is 19.2. The van der Waals surface area contributed by atoms with E-state index in [-0.39, 0.29) is 36.2 Å². The summed E-state index contributed by atoms with van der Waals surface area (Å²) in [6, 6.07) is 0.894. The number of imidazole rings is 1. The summed E-state index contributed by atoms with van der Waals surface area (Å²) in [4.78, 5) is 28.7. The van der Waals surface area contributed by atoms with Gasteiger partial charge in [0.15, 0.2) is 17.4 Å². The number of halogens is 3. The van der Waals surface area contributed by atoms with Gasteiger partial charge in [0.25, 0.3) is 11.7 Å². The number of primary amides is 1. The molecule has 2 aliphatic heterocycles. The van der Waals surface area contributed by atoms with Crippen LogP contribution in [0.5, 0.6) is 5.75 Å². The van der Waals surface area contributed by atoms with Crippen LogP contribution in [0.4, 0.5) is 29.5 Å². The van der Waals surface area contributed by atoms with Crippen LogP contribution in [-0.2, 0) is 11.3 Å². The molecule has 1 aromatic carbocycles. The van der Waals surface area contributed by atoms with Gasteiger partial charge in [0.1, 0.15) is 24.5 Å². The van der Waals surface area contributed by atoms with Gasteiger partial charge in [-0.1, -0.05) is 11.8 Å². The molecule has 0 radical (unpaired) electrons. The quantitative estimate of drug-likeness (QED) is 0.740. The lowest BCUT2D eigenvalue weighted by molar-refractivity contribution is -0.118. The van der Waals surface area contributed by atoms with Gasteiger partial charge in [0.05, 0.1) is 17.8 Å². The van der Waals surface area contributed by atoms with Crippen molar-refractivity contribution in [1.29, 1.82) is 0 Å². The molecule has 2 aromatic rings. The van der Waals surface area contributed by atoms with Crippen molar-refractivity contribution in [3.05, 3.63) is 24.1 Å². The fraction of sp³-hybridized carbons (Fsp3) is 0.389. The van der Waals surface area contributed by atoms with Crippen LogP contribution in [0.25, 0.3) is 11.4 Å². The van der Waals surface area contributed by atoms with Crippen LogP contribution in [0.1, 0.15) is 6.92 Å². The lowest BCUT2D eigenvalue weighted by Gasteiger charge is -2.20. The Kier molecular flexibility index (Phi) is 5.26. The number of carbonyl (C=O) groups is 2. The van der Waals surface area contributed by atoms with E-state index < -0.39 is 35.5 Å². The minimum absolute atomic E-state index is 0.0277. The molecule has 0 bridgehead atoms. The summed E-state index contributed by atoms with van der Waals surface area (Å²) < 4.78 is 48.9. The molecule has 0 aliphatic carbocycles. The molecule has 4 rings (SSSR count). The summed E-state index contributed by atoms with van der Waals surface area (Å²) in [5, 5.41) is 2.18. The number of thioether (sulfide) groups is 1. The van der Waals surface area contributed by atoms with E-state index in [0.717, 1.165) is 16.7 Å². The molecule has 0 spiro atoms. The zero-order chi connectivity index (χ0) is 21.6. The molecule has 160 valence electrons. The average molecular weight is 441 g/mol. The van der Waals surface area contributed by atoms with Crippen LogP contribution in [0.15, 0.2) is 18.3 Å². The van der Waals surface area contributed by atoms with Crippen molar-refractivity contribution < 1.29 is 27.5 Å². The summed E-state index contributed by atoms with van der Waals surface area (Å²) in [7, 11) is 0. The highest BCUT2D eigenvalue weighted by Gasteiger charge is 2.41. The number of nitrogens with two attached hydrogens (primary N) is 1. The maximum Gasteiger partial charge on any atom is 0.287 e. The molecule has 1 unspecified atom stereocenters. The Morgan fingerprint density at radius 3 is 2.90 bits per heavy atom. The first kappa shape index (κ1) is 20.4. The van der Waals surface area contributed by atoms with Gasteiger partial charge >= 0.3 is 0 Å². The first-order valence-electron chi connectivity index (χ1n) is 9.10. The molecule has 2 aliphatic rings. The fourth-order valence-corrected chi connectivity index (χ4v) is 4.30. The standard InChI is InChI=1S/C18H18F3N5O3S/c1-8(16(22)27)23-10-3-2-9-14(13(10)19)29-5-4-25-6-12(24-17(9)25)26-11(15(20)21)7-30-18(26)28/h2-3,6,8,11,15,23H,4-5,7H2,1H3,(H2,22,27)/t8?,11-/m0/s1. The number of benzene rings is 1. The summed E-state index contributed by atoms with van der Waals surface area (Å²) in [6.45, 7) is 1.88. The molecule has 1 saturated heterocycles. The van der Waals surface area contributed by atoms with Crippen LogP contribution in [-0.4, -0.2) is 51.6 Å². The van der Waals surface area contributed by atoms with Gasteiger partial charge in [0, 0.05) is 11.9 Å². The van der Waals surface area contributed by atoms with Crippen molar-refractivity contribution in [1.82, 2.24) is 9.55 Å². The van der Waals surface area contributed by atoms with Gasteiger partial charge in [-0.15, -0.1) is 0 Å². The van der Waals surface area contributed by atoms with E-state index in [1.54, 1.807) is 10.6 Å². The summed E-state index contributed by atoms with van der Waals surface area (Å²) in [5.41, 5.74) is 5.55. The minimum atomic E-state index is -2.71. The maximum absolute atomic E-state index is 15.0. The summed E-state index contributed by atoms with van der Waals surface area (Å²) in [6.07, 6.45) is -1.22. The van der Waals surface area contributed by atoms with Gasteiger partial charge in [0.2, 0.25) is 5.91 Å². The van der Waals surface area contributed by atoms with Crippen LogP contribution < -0.4 is 20.7 Å². The Balaban J connectivity index is 1.73. The largest absolute Gasteiger partial charge is 0.488 e. The number of amides is 2. The third-order valence-electron chi connectivity index (χ3n) is 4.92. The number of nitrogens with one attached hydrogen (secondary N) is 1. The molecule has 0 saturated carbocycles. The molecular formula is C18H18F3N5O3S. The SMILES string of the molecule is CC(Nc1ccc2c(c1F)OCCn1cc(N3C(=O)SC[C@H]3C(F)F)nc1-2)C(N)=O. The van der Waals surface area contributed by atoms with E-state index in [1.165, 1.54) is 19.2 Å². The highest BCUT2D eigenvalue weighted by atomic mass is 32.2. The first-order valence-corrected chi connectivity index (χ1v) is 10.1. The van der Waals surface area contributed by atoms with Crippen molar-refractivity contribution in [2.75, 3.05) is 22.6 Å². The van der Waals surface area contributed by atoms with E-state index >= 15 is 4.39 Å². The topological polar surface area (TPSA) is 102 Å². The molecule has 2 atom stereocenters. The maximum atomic E-state index is 15.0. The highest BCUT2D eigenvalue weighted by Crippen LogP contribution is 2.40. The number of fused-ring (bicyclic) bond motifs is 3. The number of hydrogen-bond acceptors (Lipinski definition) is 6. The van der Waals surface area contributed by atoms with Gasteiger partial charge in [-0.2, -0.15) is 0 Å². The molecule has 3 N–H and O–H groups in total. The molecular weight excluding hydrogens is 423 g/mol. The number of rotatable bonds is 5. The predicted molar refractivity (Wildman–Crippen MR) is 106 cm³/mol. The van der Waals surface area contributed by atoms with Crippen molar-refractivity contribution in [2.45, 2.75) is 32.0 Å². The lowest BCUT2D eigenvalue weighted by atomic mass is 10.1. The third kappa shape index (κ3) is 3.44. The van der Waals surface area contributed by atoms with Crippen LogP contribution >= 0.6 is 11.8 Å². The number of aromatic nitrogens is 2. The third-order valence-corrected chi connectivity index (χ3v) is 5.87. The molecule has 3 heterocycles. The van der Waals surface area contributed by atoms with E-state index in [1.807, 2.05) is 0 Å². The second-order valence-electron chi connectivity index (χ2n) is 6.89. The second kappa shape index (κ2) is 7.74. The number of alkyl halides is 2. The van der Waals surface area contributed by atoms with Crippen molar-refractivity contribution in [2.24, 2.45) is 5.73 Å². The van der Waals surface area contributed by atoms with Crippen molar-refractivity contribution in [3.8, 4) is 17.1 Å². The first-order chi connectivity index (χ1) is 14.3. The number of nitrogens with zero attached hydrogens (tertiary/aromatic N) is 3. The molecule has 30 heavy (non-hydrogen) atoms. The second-order valence-corrected chi connectivity index (χ2v) is 7.86. The van der Waals surface area contributed by atoms with Crippen molar-refractivity contribution >= 4 is 34.4 Å². The predicted octanol–water partition coefficient (Wildman–Crippen LogP) is 2.67. The molecule has 12 heteroatoms. The number of hydrogen-bond donors (Lipinski definition) is 2. The number of anilines is 2. The molecule has 2 amide bonds. The Morgan fingerprint density at radius 2 is 2.20 bits per heavy atom. The van der Waals surface area contributed by atoms with E-state index in [2.05, 4.69) is 10.3 Å². The van der Waals surface area contributed by atoms with Crippen LogP contribution in [0.3, 0.4) is 0 Å². The average Bonchev–Trinajstić information content (AvgIpc) is 3.23. The van der Waals surface area contributed by atoms with E-state index in [4.69, 9.17) is 10.5 Å². The monoisotopic (exact) mass is 441 g/mol. The molecule has 1 aromatic heterocycles. The zero-order valence-electron chi connectivity index (χ0n) is 15.8. The lowest BCUT2D eigenvalue weighted by Crippen LogP contribution is -2.38. The van der Waals surface area contributed by atoms with E-state index in [0.29, 0.717) is 11.4 Å². The molecule has 1 fully saturated rings. The highest BCUT2D eigenvalue weighted by molar-refractivity contribution is 8.14. The summed E-state index contributed by atoms with van der Waals surface area (Å²) in [5.74, 6) is -1.10. The minimum Gasteiger partial charge on any atom is -0.488 e. The van der Waals surface area contributed by atoms with Gasteiger partial charge < -0.3 is 20.4 Å². The van der Waals surface area contributed by atoms with Gasteiger partial charge in [-0.3, -0.25) is 14.5 Å². The fourth-order valence-electron chi connectivity index (χ4n) is 3.32. The van der Waals surface area contributed by atoms with E-state index in [9.17, 15) is 18.4 Å².